The van der Waals surface area contributed by atoms with Gasteiger partial charge in [0.2, 0.25) is 0 Å². The Bertz CT molecular complexity index is 165. The number of rotatable bonds is 6. The highest BCUT2D eigenvalue weighted by molar-refractivity contribution is 6.39. The van der Waals surface area contributed by atoms with Crippen LogP contribution in [-0.2, 0) is 18.8 Å². The van der Waals surface area contributed by atoms with Crippen LogP contribution in [0.5, 0.6) is 0 Å². The lowest BCUT2D eigenvalue weighted by Gasteiger charge is -2.17. The van der Waals surface area contributed by atoms with E-state index >= 15 is 0 Å². The van der Waals surface area contributed by atoms with Crippen LogP contribution in [-0.4, -0.2) is 32.0 Å². The van der Waals surface area contributed by atoms with Gasteiger partial charge in [-0.1, -0.05) is 0 Å². The van der Waals surface area contributed by atoms with Gasteiger partial charge in [-0.3, -0.25) is 4.79 Å². The summed E-state index contributed by atoms with van der Waals surface area (Å²) in [5.74, 6) is -0.545. The molecule has 0 radical (unpaired) electrons. The van der Waals surface area contributed by atoms with Crippen molar-refractivity contribution in [1.29, 1.82) is 0 Å². The summed E-state index contributed by atoms with van der Waals surface area (Å²) in [7, 11) is -0.967. The lowest BCUT2D eigenvalue weighted by Crippen LogP contribution is -2.36. The molecule has 0 aromatic carbocycles. The van der Waals surface area contributed by atoms with Crippen molar-refractivity contribution in [2.75, 3.05) is 6.54 Å². The Balaban J connectivity index is 4.03. The molecule has 14 heavy (non-hydrogen) atoms. The Labute approximate surface area is 85.1 Å². The first-order valence-electron chi connectivity index (χ1n) is 4.66. The second-order valence-corrected chi connectivity index (χ2v) is 3.35. The molecular formula is C8H18BNO4. The average Bonchev–Trinajstić information content (AvgIpc) is 2.01. The van der Waals surface area contributed by atoms with Crippen molar-refractivity contribution in [1.82, 2.24) is 0 Å². The largest absolute Gasteiger partial charge is 0.715 e. The molecule has 0 aliphatic heterocycles. The first-order chi connectivity index (χ1) is 6.45. The van der Waals surface area contributed by atoms with Crippen LogP contribution in [0, 0.1) is 0 Å². The van der Waals surface area contributed by atoms with Crippen molar-refractivity contribution in [2.45, 2.75) is 39.9 Å². The van der Waals surface area contributed by atoms with E-state index in [-0.39, 0.29) is 18.8 Å². The highest BCUT2D eigenvalue weighted by Crippen LogP contribution is 2.01. The second-order valence-electron chi connectivity index (χ2n) is 3.35. The first-order valence-corrected chi connectivity index (χ1v) is 4.66. The Morgan fingerprint density at radius 2 is 1.64 bits per heavy atom. The van der Waals surface area contributed by atoms with Crippen LogP contribution < -0.4 is 5.73 Å². The molecule has 0 saturated carbocycles. The molecule has 0 aromatic heterocycles. The molecule has 0 spiro atoms. The minimum Gasteiger partial charge on any atom is -0.484 e. The zero-order chi connectivity index (χ0) is 11.1. The summed E-state index contributed by atoms with van der Waals surface area (Å²) >= 11 is 0. The smallest absolute Gasteiger partial charge is 0.484 e. The summed E-state index contributed by atoms with van der Waals surface area (Å²) in [6.45, 7) is 7.12. The molecule has 0 aromatic rings. The van der Waals surface area contributed by atoms with Crippen LogP contribution in [0.3, 0.4) is 0 Å². The van der Waals surface area contributed by atoms with E-state index in [0.29, 0.717) is 0 Å². The standard InChI is InChI=1S/C8H18BNO4/c1-6(2)12-9(13-7(3)4)14-8(11)5-10/h6-7H,5,10H2,1-4H3. The molecule has 0 amide bonds. The maximum atomic E-state index is 10.9. The SMILES string of the molecule is CC(C)OB(OC(=O)CN)OC(C)C. The van der Waals surface area contributed by atoms with Gasteiger partial charge in [0.25, 0.3) is 0 Å². The molecule has 6 heteroatoms. The lowest BCUT2D eigenvalue weighted by molar-refractivity contribution is -0.137. The molecule has 0 aliphatic rings. The van der Waals surface area contributed by atoms with E-state index in [0.717, 1.165) is 0 Å². The quantitative estimate of drug-likeness (QED) is 0.629. The molecule has 82 valence electrons. The fourth-order valence-corrected chi connectivity index (χ4v) is 0.688. The third-order valence-electron chi connectivity index (χ3n) is 1.16. The van der Waals surface area contributed by atoms with Crippen molar-refractivity contribution >= 4 is 13.3 Å². The van der Waals surface area contributed by atoms with Gasteiger partial charge >= 0.3 is 13.3 Å². The first kappa shape index (κ1) is 13.4. The Morgan fingerprint density at radius 3 is 1.93 bits per heavy atom. The minimum atomic E-state index is -0.967. The maximum Gasteiger partial charge on any atom is 0.715 e. The number of hydrogen-bond acceptors (Lipinski definition) is 5. The van der Waals surface area contributed by atoms with Crippen molar-refractivity contribution < 1.29 is 18.8 Å². The number of carbonyl (C=O) groups excluding carboxylic acids is 1. The second kappa shape index (κ2) is 6.81. The van der Waals surface area contributed by atoms with Gasteiger partial charge in [0.1, 0.15) is 0 Å². The predicted molar refractivity (Wildman–Crippen MR) is 53.3 cm³/mol. The normalized spacial score (nSPS) is 10.8. The Hall–Kier alpha value is -0.585. The fourth-order valence-electron chi connectivity index (χ4n) is 0.688. The molecule has 0 fully saturated rings. The molecular weight excluding hydrogens is 185 g/mol. The number of nitrogens with two attached hydrogens (primary N) is 1. The van der Waals surface area contributed by atoms with E-state index in [4.69, 9.17) is 19.7 Å². The molecule has 5 nitrogen and oxygen atoms in total. The Kier molecular flexibility index (Phi) is 6.52. The monoisotopic (exact) mass is 203 g/mol. The van der Waals surface area contributed by atoms with E-state index in [1.807, 2.05) is 27.7 Å². The molecule has 2 N–H and O–H groups in total. The molecule has 0 atom stereocenters. The van der Waals surface area contributed by atoms with Crippen molar-refractivity contribution in [3.8, 4) is 0 Å². The molecule has 0 unspecified atom stereocenters. The Morgan fingerprint density at radius 1 is 1.21 bits per heavy atom. The van der Waals surface area contributed by atoms with Gasteiger partial charge in [-0.05, 0) is 27.7 Å². The van der Waals surface area contributed by atoms with Gasteiger partial charge in [-0.2, -0.15) is 0 Å². The maximum absolute atomic E-state index is 10.9. The van der Waals surface area contributed by atoms with E-state index < -0.39 is 13.3 Å². The van der Waals surface area contributed by atoms with Crippen molar-refractivity contribution in [2.24, 2.45) is 5.73 Å². The molecule has 0 aliphatic carbocycles. The topological polar surface area (TPSA) is 70.8 Å². The third-order valence-corrected chi connectivity index (χ3v) is 1.16. The van der Waals surface area contributed by atoms with Gasteiger partial charge in [0.05, 0.1) is 6.54 Å². The fraction of sp³-hybridized carbons (Fsp3) is 0.875. The van der Waals surface area contributed by atoms with Gasteiger partial charge in [0, 0.05) is 12.2 Å². The molecule has 0 rings (SSSR count). The van der Waals surface area contributed by atoms with Gasteiger partial charge in [-0.15, -0.1) is 0 Å². The number of carbonyl (C=O) groups is 1. The minimum absolute atomic E-state index is 0.0793. The summed E-state index contributed by atoms with van der Waals surface area (Å²) in [6.07, 6.45) is -0.159. The van der Waals surface area contributed by atoms with Crippen LogP contribution in [0.4, 0.5) is 0 Å². The van der Waals surface area contributed by atoms with Crippen LogP contribution in [0.15, 0.2) is 0 Å². The van der Waals surface area contributed by atoms with E-state index in [1.54, 1.807) is 0 Å². The van der Waals surface area contributed by atoms with Crippen LogP contribution in [0.2, 0.25) is 0 Å². The van der Waals surface area contributed by atoms with E-state index in [2.05, 4.69) is 0 Å². The molecule has 0 bridgehead atoms. The molecule has 0 heterocycles. The van der Waals surface area contributed by atoms with E-state index in [1.165, 1.54) is 0 Å². The van der Waals surface area contributed by atoms with Crippen LogP contribution in [0.1, 0.15) is 27.7 Å². The van der Waals surface area contributed by atoms with Crippen molar-refractivity contribution in [3.63, 3.8) is 0 Å². The summed E-state index contributed by atoms with van der Waals surface area (Å²) in [4.78, 5) is 10.9. The highest BCUT2D eigenvalue weighted by atomic mass is 16.8. The summed E-state index contributed by atoms with van der Waals surface area (Å²) in [5.41, 5.74) is 5.10. The number of hydrogen-bond donors (Lipinski definition) is 1. The van der Waals surface area contributed by atoms with Gasteiger partial charge in [-0.25, -0.2) is 0 Å². The van der Waals surface area contributed by atoms with Crippen molar-refractivity contribution in [3.05, 3.63) is 0 Å². The summed E-state index contributed by atoms with van der Waals surface area (Å²) in [6, 6.07) is 0. The van der Waals surface area contributed by atoms with Crippen LogP contribution >= 0.6 is 0 Å². The predicted octanol–water partition coefficient (Wildman–Crippen LogP) is 0.323. The highest BCUT2D eigenvalue weighted by Gasteiger charge is 2.28. The van der Waals surface area contributed by atoms with Gasteiger partial charge in [0.15, 0.2) is 0 Å². The third kappa shape index (κ3) is 6.88. The average molecular weight is 203 g/mol. The zero-order valence-electron chi connectivity index (χ0n) is 9.15. The van der Waals surface area contributed by atoms with Gasteiger partial charge < -0.3 is 19.7 Å². The molecule has 0 saturated heterocycles. The summed E-state index contributed by atoms with van der Waals surface area (Å²) < 4.78 is 15.2. The lowest BCUT2D eigenvalue weighted by atomic mass is 10.2. The zero-order valence-corrected chi connectivity index (χ0v) is 9.15. The summed E-state index contributed by atoms with van der Waals surface area (Å²) in [5, 5.41) is 0. The van der Waals surface area contributed by atoms with E-state index in [9.17, 15) is 4.79 Å². The van der Waals surface area contributed by atoms with Crippen LogP contribution in [0.25, 0.3) is 0 Å².